The molecule has 0 fully saturated rings. The number of carbonyl (C=O) groups excluding carboxylic acids is 1. The maximum atomic E-state index is 12.2. The van der Waals surface area contributed by atoms with Gasteiger partial charge >= 0.3 is 0 Å². The van der Waals surface area contributed by atoms with Crippen LogP contribution in [0.2, 0.25) is 0 Å². The summed E-state index contributed by atoms with van der Waals surface area (Å²) in [4.78, 5) is 24.3. The highest BCUT2D eigenvalue weighted by Crippen LogP contribution is 2.38. The Morgan fingerprint density at radius 2 is 1.69 bits per heavy atom. The molecule has 0 aliphatic rings. The van der Waals surface area contributed by atoms with E-state index in [9.17, 15) is 9.59 Å². The number of carbonyl (C=O) groups is 1. The minimum Gasteiger partial charge on any atom is -0.493 e. The van der Waals surface area contributed by atoms with Crippen molar-refractivity contribution in [1.29, 1.82) is 0 Å². The molecule has 0 bridgehead atoms. The first kappa shape index (κ1) is 22.6. The molecular formula is C24H25N3O5. The van der Waals surface area contributed by atoms with Crippen molar-refractivity contribution in [3.8, 4) is 28.5 Å². The van der Waals surface area contributed by atoms with E-state index >= 15 is 0 Å². The van der Waals surface area contributed by atoms with E-state index < -0.39 is 0 Å². The third kappa shape index (κ3) is 5.54. The van der Waals surface area contributed by atoms with E-state index in [1.165, 1.54) is 38.2 Å². The number of nitrogens with zero attached hydrogens (tertiary/aromatic N) is 2. The van der Waals surface area contributed by atoms with Crippen LogP contribution >= 0.6 is 0 Å². The second-order valence-corrected chi connectivity index (χ2v) is 6.73. The van der Waals surface area contributed by atoms with Crippen molar-refractivity contribution in [2.45, 2.75) is 6.54 Å². The highest BCUT2D eigenvalue weighted by molar-refractivity contribution is 5.91. The van der Waals surface area contributed by atoms with Gasteiger partial charge in [-0.15, -0.1) is 0 Å². The summed E-state index contributed by atoms with van der Waals surface area (Å²) in [6.45, 7) is 0.507. The Morgan fingerprint density at radius 1 is 1.00 bits per heavy atom. The number of hydrogen-bond donors (Lipinski definition) is 1. The Bertz CT molecular complexity index is 1130. The summed E-state index contributed by atoms with van der Waals surface area (Å²) < 4.78 is 17.3. The highest BCUT2D eigenvalue weighted by Gasteiger charge is 2.12. The molecule has 0 atom stereocenters. The fourth-order valence-electron chi connectivity index (χ4n) is 3.09. The fourth-order valence-corrected chi connectivity index (χ4v) is 3.09. The minimum absolute atomic E-state index is 0.230. The molecule has 0 saturated carbocycles. The number of benzene rings is 2. The van der Waals surface area contributed by atoms with Crippen LogP contribution in [0, 0.1) is 0 Å². The molecule has 8 nitrogen and oxygen atoms in total. The van der Waals surface area contributed by atoms with Crippen LogP contribution in [-0.2, 0) is 11.3 Å². The lowest BCUT2D eigenvalue weighted by Crippen LogP contribution is -2.31. The Kier molecular flexibility index (Phi) is 7.64. The molecule has 0 aliphatic heterocycles. The predicted molar refractivity (Wildman–Crippen MR) is 122 cm³/mol. The highest BCUT2D eigenvalue weighted by atomic mass is 16.5. The monoisotopic (exact) mass is 435 g/mol. The van der Waals surface area contributed by atoms with Crippen LogP contribution in [0.4, 0.5) is 0 Å². The van der Waals surface area contributed by atoms with Crippen molar-refractivity contribution in [3.05, 3.63) is 76.6 Å². The molecule has 1 N–H and O–H groups in total. The summed E-state index contributed by atoms with van der Waals surface area (Å²) in [5.74, 6) is 1.17. The Balaban J connectivity index is 1.62. The van der Waals surface area contributed by atoms with E-state index in [4.69, 9.17) is 14.2 Å². The van der Waals surface area contributed by atoms with E-state index in [2.05, 4.69) is 10.4 Å². The van der Waals surface area contributed by atoms with Gasteiger partial charge in [-0.25, -0.2) is 4.68 Å². The van der Waals surface area contributed by atoms with Crippen molar-refractivity contribution in [2.75, 3.05) is 27.9 Å². The van der Waals surface area contributed by atoms with Crippen LogP contribution in [0.3, 0.4) is 0 Å². The van der Waals surface area contributed by atoms with Crippen molar-refractivity contribution in [3.63, 3.8) is 0 Å². The van der Waals surface area contributed by atoms with Gasteiger partial charge in [-0.2, -0.15) is 5.10 Å². The summed E-state index contributed by atoms with van der Waals surface area (Å²) in [5, 5.41) is 7.14. The Labute approximate surface area is 186 Å². The second kappa shape index (κ2) is 10.8. The Hall–Kier alpha value is -4.07. The summed E-state index contributed by atoms with van der Waals surface area (Å²) >= 11 is 0. The molecule has 0 radical (unpaired) electrons. The lowest BCUT2D eigenvalue weighted by Gasteiger charge is -2.12. The van der Waals surface area contributed by atoms with Crippen molar-refractivity contribution >= 4 is 12.0 Å². The zero-order chi connectivity index (χ0) is 22.9. The molecule has 2 aromatic carbocycles. The van der Waals surface area contributed by atoms with E-state index in [-0.39, 0.29) is 24.6 Å². The van der Waals surface area contributed by atoms with Gasteiger partial charge in [-0.3, -0.25) is 9.59 Å². The first-order valence-electron chi connectivity index (χ1n) is 9.95. The molecule has 1 aromatic heterocycles. The molecular weight excluding hydrogens is 410 g/mol. The van der Waals surface area contributed by atoms with Gasteiger partial charge in [0.2, 0.25) is 11.7 Å². The summed E-state index contributed by atoms with van der Waals surface area (Å²) in [7, 11) is 4.58. The molecule has 0 aliphatic carbocycles. The van der Waals surface area contributed by atoms with E-state index in [0.29, 0.717) is 28.5 Å². The smallest absolute Gasteiger partial charge is 0.266 e. The maximum absolute atomic E-state index is 12.2. The third-order valence-corrected chi connectivity index (χ3v) is 4.67. The lowest BCUT2D eigenvalue weighted by molar-refractivity contribution is -0.116. The number of rotatable bonds is 9. The molecule has 0 unspecified atom stereocenters. The van der Waals surface area contributed by atoms with Crippen LogP contribution in [-0.4, -0.2) is 43.6 Å². The van der Waals surface area contributed by atoms with Crippen LogP contribution < -0.4 is 25.1 Å². The van der Waals surface area contributed by atoms with Crippen LogP contribution in [0.15, 0.2) is 65.5 Å². The number of ether oxygens (including phenoxy) is 3. The fraction of sp³-hybridized carbons (Fsp3) is 0.208. The molecule has 166 valence electrons. The molecule has 1 heterocycles. The molecule has 8 heteroatoms. The van der Waals surface area contributed by atoms with Gasteiger partial charge in [-0.1, -0.05) is 30.3 Å². The molecule has 3 rings (SSSR count). The zero-order valence-corrected chi connectivity index (χ0v) is 18.2. The van der Waals surface area contributed by atoms with Crippen molar-refractivity contribution in [1.82, 2.24) is 15.1 Å². The van der Waals surface area contributed by atoms with Gasteiger partial charge in [-0.05, 0) is 29.8 Å². The molecule has 1 amide bonds. The third-order valence-electron chi connectivity index (χ3n) is 4.67. The molecule has 32 heavy (non-hydrogen) atoms. The molecule has 0 saturated heterocycles. The van der Waals surface area contributed by atoms with Crippen LogP contribution in [0.25, 0.3) is 17.3 Å². The van der Waals surface area contributed by atoms with Gasteiger partial charge in [0.1, 0.15) is 0 Å². The zero-order valence-electron chi connectivity index (χ0n) is 18.2. The summed E-state index contributed by atoms with van der Waals surface area (Å²) in [5.41, 5.74) is 2.09. The topological polar surface area (TPSA) is 91.7 Å². The van der Waals surface area contributed by atoms with Gasteiger partial charge in [0.15, 0.2) is 11.5 Å². The van der Waals surface area contributed by atoms with Gasteiger partial charge in [0.05, 0.1) is 33.6 Å². The summed E-state index contributed by atoms with van der Waals surface area (Å²) in [6, 6.07) is 16.2. The average molecular weight is 435 g/mol. The van der Waals surface area contributed by atoms with E-state index in [1.54, 1.807) is 24.3 Å². The number of nitrogens with one attached hydrogen (secondary N) is 1. The van der Waals surface area contributed by atoms with Gasteiger partial charge < -0.3 is 19.5 Å². The normalized spacial score (nSPS) is 10.7. The number of amides is 1. The molecule has 0 spiro atoms. The number of aromatic nitrogens is 2. The van der Waals surface area contributed by atoms with E-state index in [1.807, 2.05) is 30.3 Å². The van der Waals surface area contributed by atoms with E-state index in [0.717, 1.165) is 5.56 Å². The SMILES string of the molecule is COc1cc(/C=C/C(=O)NCCn2nc(-c3ccccc3)ccc2=O)cc(OC)c1OC. The van der Waals surface area contributed by atoms with Gasteiger partial charge in [0.25, 0.3) is 5.56 Å². The van der Waals surface area contributed by atoms with Crippen LogP contribution in [0.5, 0.6) is 17.2 Å². The average Bonchev–Trinajstić information content (AvgIpc) is 2.83. The maximum Gasteiger partial charge on any atom is 0.266 e. The second-order valence-electron chi connectivity index (χ2n) is 6.73. The lowest BCUT2D eigenvalue weighted by atomic mass is 10.1. The Morgan fingerprint density at radius 3 is 2.31 bits per heavy atom. The first-order valence-corrected chi connectivity index (χ1v) is 9.95. The van der Waals surface area contributed by atoms with Crippen molar-refractivity contribution < 1.29 is 19.0 Å². The minimum atomic E-state index is -0.300. The van der Waals surface area contributed by atoms with Crippen LogP contribution in [0.1, 0.15) is 5.56 Å². The molecule has 3 aromatic rings. The standard InChI is InChI=1S/C24H25N3O5/c1-30-20-15-17(16-21(31-2)24(20)32-3)9-11-22(28)25-13-14-27-23(29)12-10-19(26-27)18-7-5-4-6-8-18/h4-12,15-16H,13-14H2,1-3H3,(H,25,28)/b11-9+. The van der Waals surface area contributed by atoms with Gasteiger partial charge in [0, 0.05) is 24.3 Å². The van der Waals surface area contributed by atoms with Crippen molar-refractivity contribution in [2.24, 2.45) is 0 Å². The number of methoxy groups -OCH3 is 3. The largest absolute Gasteiger partial charge is 0.493 e. The quantitative estimate of drug-likeness (QED) is 0.520. The first-order chi connectivity index (χ1) is 15.5. The predicted octanol–water partition coefficient (Wildman–Crippen LogP) is 2.77. The summed E-state index contributed by atoms with van der Waals surface area (Å²) in [6.07, 6.45) is 3.04. The number of hydrogen-bond acceptors (Lipinski definition) is 6.